The molecule has 0 aromatic heterocycles. The van der Waals surface area contributed by atoms with Crippen molar-refractivity contribution >= 4 is 17.7 Å². The molecule has 1 aliphatic heterocycles. The lowest BCUT2D eigenvalue weighted by atomic mass is 9.53. The third-order valence-corrected chi connectivity index (χ3v) is 4.82. The summed E-state index contributed by atoms with van der Waals surface area (Å²) in [5, 5.41) is 8.80. The van der Waals surface area contributed by atoms with E-state index in [1.807, 2.05) is 11.8 Å². The molecule has 2 fully saturated rings. The van der Waals surface area contributed by atoms with E-state index >= 15 is 0 Å². The van der Waals surface area contributed by atoms with Gasteiger partial charge in [-0.1, -0.05) is 0 Å². The van der Waals surface area contributed by atoms with E-state index < -0.39 is 5.97 Å². The summed E-state index contributed by atoms with van der Waals surface area (Å²) in [4.78, 5) is 10.7. The first-order valence-corrected chi connectivity index (χ1v) is 5.83. The molecule has 1 saturated heterocycles. The average molecular weight is 201 g/mol. The molecule has 1 aliphatic carbocycles. The normalized spacial score (nSPS) is 42.5. The van der Waals surface area contributed by atoms with Gasteiger partial charge in [0.2, 0.25) is 0 Å². The van der Waals surface area contributed by atoms with Crippen LogP contribution >= 0.6 is 11.8 Å². The van der Waals surface area contributed by atoms with Crippen LogP contribution in [-0.4, -0.2) is 29.1 Å². The number of aliphatic carboxylic acids is 1. The first-order valence-electron chi connectivity index (χ1n) is 4.67. The molecular weight excluding hydrogens is 186 g/mol. The molecule has 0 aromatic carbocycles. The molecule has 2 rings (SSSR count). The minimum Gasteiger partial charge on any atom is -0.481 e. The van der Waals surface area contributed by atoms with Gasteiger partial charge in [0.1, 0.15) is 0 Å². The van der Waals surface area contributed by atoms with Crippen LogP contribution in [0.3, 0.4) is 0 Å². The van der Waals surface area contributed by atoms with E-state index in [-0.39, 0.29) is 11.8 Å². The van der Waals surface area contributed by atoms with E-state index in [4.69, 9.17) is 10.8 Å². The minimum atomic E-state index is -0.694. The predicted molar refractivity (Wildman–Crippen MR) is 52.7 cm³/mol. The Morgan fingerprint density at radius 1 is 1.62 bits per heavy atom. The van der Waals surface area contributed by atoms with Crippen LogP contribution in [-0.2, 0) is 4.79 Å². The molecule has 0 aromatic rings. The van der Waals surface area contributed by atoms with Crippen LogP contribution in [0.4, 0.5) is 0 Å². The van der Waals surface area contributed by atoms with E-state index in [0.29, 0.717) is 12.5 Å². The topological polar surface area (TPSA) is 63.3 Å². The van der Waals surface area contributed by atoms with Crippen molar-refractivity contribution in [3.8, 4) is 0 Å². The monoisotopic (exact) mass is 201 g/mol. The van der Waals surface area contributed by atoms with Crippen molar-refractivity contribution in [2.75, 3.05) is 18.1 Å². The first kappa shape index (κ1) is 9.34. The minimum absolute atomic E-state index is 0.0556. The molecule has 0 radical (unpaired) electrons. The Balaban J connectivity index is 2.05. The number of fused-ring (bicyclic) bond motifs is 1. The molecule has 1 heterocycles. The van der Waals surface area contributed by atoms with Crippen LogP contribution in [0.2, 0.25) is 0 Å². The zero-order valence-electron chi connectivity index (χ0n) is 7.53. The summed E-state index contributed by atoms with van der Waals surface area (Å²) >= 11 is 1.95. The highest BCUT2D eigenvalue weighted by molar-refractivity contribution is 7.99. The summed E-state index contributed by atoms with van der Waals surface area (Å²) in [6, 6.07) is 0. The van der Waals surface area contributed by atoms with Gasteiger partial charge in [0.05, 0.1) is 6.42 Å². The maximum absolute atomic E-state index is 10.7. The molecule has 3 nitrogen and oxygen atoms in total. The fourth-order valence-electron chi connectivity index (χ4n) is 2.80. The van der Waals surface area contributed by atoms with Crippen molar-refractivity contribution in [1.29, 1.82) is 0 Å². The number of rotatable bonds is 3. The van der Waals surface area contributed by atoms with Crippen molar-refractivity contribution in [1.82, 2.24) is 0 Å². The molecule has 3 atom stereocenters. The Labute approximate surface area is 82.1 Å². The summed E-state index contributed by atoms with van der Waals surface area (Å²) < 4.78 is 0. The zero-order valence-corrected chi connectivity index (χ0v) is 8.35. The van der Waals surface area contributed by atoms with Gasteiger partial charge in [-0.05, 0) is 41.7 Å². The third kappa shape index (κ3) is 1.36. The summed E-state index contributed by atoms with van der Waals surface area (Å²) in [5.74, 6) is 2.98. The summed E-state index contributed by atoms with van der Waals surface area (Å²) in [5.41, 5.74) is 5.64. The Hall–Kier alpha value is -0.220. The fraction of sp³-hybridized carbons (Fsp3) is 0.889. The summed E-state index contributed by atoms with van der Waals surface area (Å²) in [6.07, 6.45) is 1.30. The van der Waals surface area contributed by atoms with Crippen LogP contribution < -0.4 is 5.73 Å². The molecule has 0 spiro atoms. The molecule has 3 N–H and O–H groups in total. The smallest absolute Gasteiger partial charge is 0.303 e. The number of carboxylic acid groups (broad SMARTS) is 1. The predicted octanol–water partition coefficient (Wildman–Crippen LogP) is 0.789. The highest BCUT2D eigenvalue weighted by atomic mass is 32.2. The lowest BCUT2D eigenvalue weighted by Gasteiger charge is -2.51. The fourth-order valence-corrected chi connectivity index (χ4v) is 4.47. The van der Waals surface area contributed by atoms with E-state index in [0.717, 1.165) is 18.1 Å². The standard InChI is InChI=1S/C9H15NO2S/c10-5-9(2-8(11)12)1-6-3-13-4-7(6)9/h6-7H,1-5,10H2,(H,11,12)/t6-,7+,9+/m0/s1. The van der Waals surface area contributed by atoms with E-state index in [1.165, 1.54) is 5.75 Å². The zero-order chi connectivity index (χ0) is 9.47. The molecule has 13 heavy (non-hydrogen) atoms. The second-order valence-electron chi connectivity index (χ2n) is 4.25. The molecule has 4 heteroatoms. The lowest BCUT2D eigenvalue weighted by Crippen LogP contribution is -2.53. The van der Waals surface area contributed by atoms with Gasteiger partial charge in [-0.25, -0.2) is 0 Å². The third-order valence-electron chi connectivity index (χ3n) is 3.56. The Bertz CT molecular complexity index is 234. The van der Waals surface area contributed by atoms with Gasteiger partial charge in [-0.15, -0.1) is 0 Å². The molecule has 2 aliphatic rings. The maximum Gasteiger partial charge on any atom is 0.303 e. The number of thioether (sulfide) groups is 1. The van der Waals surface area contributed by atoms with E-state index in [1.54, 1.807) is 0 Å². The van der Waals surface area contributed by atoms with Crippen LogP contribution in [0.25, 0.3) is 0 Å². The first-order chi connectivity index (χ1) is 6.18. The number of carboxylic acids is 1. The Morgan fingerprint density at radius 2 is 2.38 bits per heavy atom. The maximum atomic E-state index is 10.7. The largest absolute Gasteiger partial charge is 0.481 e. The van der Waals surface area contributed by atoms with Gasteiger partial charge >= 0.3 is 5.97 Å². The van der Waals surface area contributed by atoms with Gasteiger partial charge in [-0.2, -0.15) is 11.8 Å². The molecular formula is C9H15NO2S. The van der Waals surface area contributed by atoms with Gasteiger partial charge in [0.25, 0.3) is 0 Å². The SMILES string of the molecule is NC[C@]1(CC(=O)O)C[C@H]2CSC[C@H]21. The van der Waals surface area contributed by atoms with Gasteiger partial charge in [0, 0.05) is 0 Å². The molecule has 0 amide bonds. The van der Waals surface area contributed by atoms with Crippen molar-refractivity contribution in [2.45, 2.75) is 12.8 Å². The number of hydrogen-bond acceptors (Lipinski definition) is 3. The van der Waals surface area contributed by atoms with Gasteiger partial charge in [-0.3, -0.25) is 4.79 Å². The van der Waals surface area contributed by atoms with Crippen molar-refractivity contribution in [3.05, 3.63) is 0 Å². The Kier molecular flexibility index (Phi) is 2.28. The summed E-state index contributed by atoms with van der Waals surface area (Å²) in [6.45, 7) is 0.543. The average Bonchev–Trinajstić information content (AvgIpc) is 2.43. The van der Waals surface area contributed by atoms with Crippen LogP contribution in [0.1, 0.15) is 12.8 Å². The molecule has 0 unspecified atom stereocenters. The van der Waals surface area contributed by atoms with E-state index in [9.17, 15) is 4.79 Å². The lowest BCUT2D eigenvalue weighted by molar-refractivity contribution is -0.144. The quantitative estimate of drug-likeness (QED) is 0.708. The number of hydrogen-bond donors (Lipinski definition) is 2. The van der Waals surface area contributed by atoms with Crippen molar-refractivity contribution in [2.24, 2.45) is 23.0 Å². The second-order valence-corrected chi connectivity index (χ2v) is 5.32. The van der Waals surface area contributed by atoms with Crippen LogP contribution in [0.5, 0.6) is 0 Å². The Morgan fingerprint density at radius 3 is 2.92 bits per heavy atom. The second kappa shape index (κ2) is 3.17. The number of carbonyl (C=O) groups is 1. The highest BCUT2D eigenvalue weighted by Gasteiger charge is 2.55. The molecule has 0 bridgehead atoms. The van der Waals surface area contributed by atoms with Crippen molar-refractivity contribution in [3.63, 3.8) is 0 Å². The van der Waals surface area contributed by atoms with Crippen LogP contribution in [0.15, 0.2) is 0 Å². The van der Waals surface area contributed by atoms with Crippen molar-refractivity contribution < 1.29 is 9.90 Å². The molecule has 1 saturated carbocycles. The van der Waals surface area contributed by atoms with Crippen LogP contribution in [0, 0.1) is 17.3 Å². The van der Waals surface area contributed by atoms with Gasteiger partial charge in [0.15, 0.2) is 0 Å². The van der Waals surface area contributed by atoms with Gasteiger partial charge < -0.3 is 10.8 Å². The number of nitrogens with two attached hydrogens (primary N) is 1. The van der Waals surface area contributed by atoms with E-state index in [2.05, 4.69) is 0 Å². The molecule has 74 valence electrons. The summed E-state index contributed by atoms with van der Waals surface area (Å²) in [7, 11) is 0. The highest BCUT2D eigenvalue weighted by Crippen LogP contribution is 2.58.